The fourth-order valence-electron chi connectivity index (χ4n) is 1.31. The lowest BCUT2D eigenvalue weighted by atomic mass is 10.2. The molecule has 0 fully saturated rings. The van der Waals surface area contributed by atoms with Crippen molar-refractivity contribution in [1.82, 2.24) is 10.2 Å². The summed E-state index contributed by atoms with van der Waals surface area (Å²) in [5.41, 5.74) is 1.14. The molecule has 0 N–H and O–H groups in total. The van der Waals surface area contributed by atoms with E-state index in [1.165, 1.54) is 3.57 Å². The third kappa shape index (κ3) is 3.15. The zero-order valence-corrected chi connectivity index (χ0v) is 12.2. The molecule has 0 amide bonds. The van der Waals surface area contributed by atoms with Gasteiger partial charge in [0, 0.05) is 21.4 Å². The molecule has 0 atom stereocenters. The molecule has 0 saturated heterocycles. The van der Waals surface area contributed by atoms with E-state index in [1.807, 2.05) is 6.07 Å². The van der Waals surface area contributed by atoms with Crippen molar-refractivity contribution in [3.05, 3.63) is 32.8 Å². The van der Waals surface area contributed by atoms with Crippen LogP contribution in [0.4, 0.5) is 0 Å². The van der Waals surface area contributed by atoms with Crippen LogP contribution in [0.2, 0.25) is 0 Å². The average molecular weight is 365 g/mol. The molecular weight excluding hydrogens is 355 g/mol. The molecule has 2 rings (SSSR count). The van der Waals surface area contributed by atoms with Crippen molar-refractivity contribution in [3.63, 3.8) is 0 Å². The molecular formula is C11H10ClIN2S. The van der Waals surface area contributed by atoms with E-state index < -0.39 is 0 Å². The van der Waals surface area contributed by atoms with Gasteiger partial charge in [-0.15, -0.1) is 21.8 Å². The molecule has 1 aromatic carbocycles. The van der Waals surface area contributed by atoms with E-state index in [1.54, 1.807) is 11.3 Å². The molecule has 1 aromatic heterocycles. The van der Waals surface area contributed by atoms with Crippen LogP contribution in [0, 0.1) is 3.57 Å². The molecule has 0 unspecified atom stereocenters. The number of benzene rings is 1. The van der Waals surface area contributed by atoms with Gasteiger partial charge in [0.1, 0.15) is 10.0 Å². The van der Waals surface area contributed by atoms with E-state index in [-0.39, 0.29) is 0 Å². The van der Waals surface area contributed by atoms with Crippen molar-refractivity contribution < 1.29 is 0 Å². The van der Waals surface area contributed by atoms with Crippen molar-refractivity contribution in [2.24, 2.45) is 0 Å². The van der Waals surface area contributed by atoms with Gasteiger partial charge in [0.25, 0.3) is 0 Å². The van der Waals surface area contributed by atoms with Gasteiger partial charge in [-0.1, -0.05) is 23.5 Å². The number of hydrogen-bond acceptors (Lipinski definition) is 3. The third-order valence-electron chi connectivity index (χ3n) is 2.06. The van der Waals surface area contributed by atoms with Crippen molar-refractivity contribution in [2.45, 2.75) is 12.8 Å². The summed E-state index contributed by atoms with van der Waals surface area (Å²) in [6.07, 6.45) is 1.88. The van der Waals surface area contributed by atoms with Crippen LogP contribution in [0.1, 0.15) is 11.4 Å². The summed E-state index contributed by atoms with van der Waals surface area (Å²) < 4.78 is 1.22. The SMILES string of the molecule is ClCCCc1nnc(-c2cccc(I)c2)s1. The van der Waals surface area contributed by atoms with Crippen LogP contribution < -0.4 is 0 Å². The Morgan fingerprint density at radius 2 is 2.19 bits per heavy atom. The predicted molar refractivity (Wildman–Crippen MR) is 77.1 cm³/mol. The minimum absolute atomic E-state index is 0.679. The first kappa shape index (κ1) is 12.3. The maximum Gasteiger partial charge on any atom is 0.147 e. The number of rotatable bonds is 4. The maximum absolute atomic E-state index is 5.65. The van der Waals surface area contributed by atoms with Crippen LogP contribution in [0.5, 0.6) is 0 Å². The molecule has 5 heteroatoms. The number of aryl methyl sites for hydroxylation is 1. The van der Waals surface area contributed by atoms with E-state index >= 15 is 0 Å². The van der Waals surface area contributed by atoms with E-state index in [4.69, 9.17) is 11.6 Å². The number of hydrogen-bond donors (Lipinski definition) is 0. The molecule has 0 spiro atoms. The topological polar surface area (TPSA) is 25.8 Å². The number of halogens is 2. The van der Waals surface area contributed by atoms with Crippen LogP contribution in [-0.2, 0) is 6.42 Å². The van der Waals surface area contributed by atoms with Crippen molar-refractivity contribution in [2.75, 3.05) is 5.88 Å². The summed E-state index contributed by atoms with van der Waals surface area (Å²) in [6.45, 7) is 0. The Morgan fingerprint density at radius 1 is 1.31 bits per heavy atom. The highest BCUT2D eigenvalue weighted by Crippen LogP contribution is 2.25. The first-order valence-electron chi connectivity index (χ1n) is 4.94. The van der Waals surface area contributed by atoms with Crippen LogP contribution in [0.25, 0.3) is 10.6 Å². The summed E-state index contributed by atoms with van der Waals surface area (Å²) in [5.74, 6) is 0.679. The Kier molecular flexibility index (Phi) is 4.55. The smallest absolute Gasteiger partial charge is 0.143 e. The summed E-state index contributed by atoms with van der Waals surface area (Å²) in [6, 6.07) is 8.29. The van der Waals surface area contributed by atoms with E-state index in [9.17, 15) is 0 Å². The van der Waals surface area contributed by atoms with Crippen LogP contribution in [-0.4, -0.2) is 16.1 Å². The zero-order valence-electron chi connectivity index (χ0n) is 8.49. The fourth-order valence-corrected chi connectivity index (χ4v) is 2.87. The molecule has 16 heavy (non-hydrogen) atoms. The standard InChI is InChI=1S/C11H10ClIN2S/c12-6-2-5-10-14-15-11(16-10)8-3-1-4-9(13)7-8/h1,3-4,7H,2,5-6H2. The Hall–Kier alpha value is -0.200. The second-order valence-electron chi connectivity index (χ2n) is 3.30. The van der Waals surface area contributed by atoms with Crippen LogP contribution >= 0.6 is 45.5 Å². The molecule has 0 aliphatic carbocycles. The van der Waals surface area contributed by atoms with Crippen LogP contribution in [0.3, 0.4) is 0 Å². The number of alkyl halides is 1. The van der Waals surface area contributed by atoms with Crippen molar-refractivity contribution >= 4 is 45.5 Å². The highest BCUT2D eigenvalue weighted by Gasteiger charge is 2.06. The molecule has 0 aliphatic heterocycles. The highest BCUT2D eigenvalue weighted by molar-refractivity contribution is 14.1. The highest BCUT2D eigenvalue weighted by atomic mass is 127. The van der Waals surface area contributed by atoms with E-state index in [0.717, 1.165) is 28.4 Å². The minimum atomic E-state index is 0.679. The summed E-state index contributed by atoms with van der Waals surface area (Å²) >= 11 is 9.60. The lowest BCUT2D eigenvalue weighted by Gasteiger charge is -1.95. The Balaban J connectivity index is 2.18. The molecule has 0 radical (unpaired) electrons. The van der Waals surface area contributed by atoms with Gasteiger partial charge in [0.15, 0.2) is 0 Å². The Morgan fingerprint density at radius 3 is 2.94 bits per heavy atom. The van der Waals surface area contributed by atoms with Crippen molar-refractivity contribution in [1.29, 1.82) is 0 Å². The molecule has 1 heterocycles. The second kappa shape index (κ2) is 5.93. The third-order valence-corrected chi connectivity index (χ3v) is 4.03. The van der Waals surface area contributed by atoms with Gasteiger partial charge in [-0.3, -0.25) is 0 Å². The molecule has 0 aliphatic rings. The van der Waals surface area contributed by atoms with Gasteiger partial charge < -0.3 is 0 Å². The normalized spacial score (nSPS) is 10.6. The van der Waals surface area contributed by atoms with Crippen molar-refractivity contribution in [3.8, 4) is 10.6 Å². The van der Waals surface area contributed by atoms with Crippen LogP contribution in [0.15, 0.2) is 24.3 Å². The average Bonchev–Trinajstić information content (AvgIpc) is 2.75. The van der Waals surface area contributed by atoms with E-state index in [2.05, 4.69) is 51.0 Å². The summed E-state index contributed by atoms with van der Waals surface area (Å²) in [4.78, 5) is 0. The lowest BCUT2D eigenvalue weighted by molar-refractivity contribution is 0.884. The quantitative estimate of drug-likeness (QED) is 0.606. The minimum Gasteiger partial charge on any atom is -0.143 e. The Bertz CT molecular complexity index is 473. The number of aromatic nitrogens is 2. The van der Waals surface area contributed by atoms with E-state index in [0.29, 0.717) is 5.88 Å². The summed E-state index contributed by atoms with van der Waals surface area (Å²) in [5, 5.41) is 10.4. The summed E-state index contributed by atoms with van der Waals surface area (Å²) in [7, 11) is 0. The predicted octanol–water partition coefficient (Wildman–Crippen LogP) is 3.98. The molecule has 2 aromatic rings. The fraction of sp³-hybridized carbons (Fsp3) is 0.273. The van der Waals surface area contributed by atoms with Gasteiger partial charge in [0.2, 0.25) is 0 Å². The Labute approximate surface area is 117 Å². The maximum atomic E-state index is 5.65. The zero-order chi connectivity index (χ0) is 11.4. The molecule has 2 nitrogen and oxygen atoms in total. The van der Waals surface area contributed by atoms with Gasteiger partial charge in [-0.2, -0.15) is 0 Å². The first-order chi connectivity index (χ1) is 7.79. The van der Waals surface area contributed by atoms with Gasteiger partial charge in [0.05, 0.1) is 0 Å². The van der Waals surface area contributed by atoms with Gasteiger partial charge in [-0.25, -0.2) is 0 Å². The monoisotopic (exact) mass is 364 g/mol. The number of nitrogens with zero attached hydrogens (tertiary/aromatic N) is 2. The molecule has 84 valence electrons. The molecule has 0 bridgehead atoms. The first-order valence-corrected chi connectivity index (χ1v) is 7.37. The second-order valence-corrected chi connectivity index (χ2v) is 5.99. The largest absolute Gasteiger partial charge is 0.147 e. The molecule has 0 saturated carbocycles. The van der Waals surface area contributed by atoms with Gasteiger partial charge >= 0.3 is 0 Å². The lowest BCUT2D eigenvalue weighted by Crippen LogP contribution is -1.84. The van der Waals surface area contributed by atoms with Gasteiger partial charge in [-0.05, 0) is 41.1 Å².